The summed E-state index contributed by atoms with van der Waals surface area (Å²) in [6.07, 6.45) is 0. The van der Waals surface area contributed by atoms with E-state index in [1.165, 1.54) is 11.8 Å². The fourth-order valence-corrected chi connectivity index (χ4v) is 1.59. The second kappa shape index (κ2) is 5.54. The third-order valence-electron chi connectivity index (χ3n) is 1.52. The molecule has 1 amide bonds. The molecule has 0 fully saturated rings. The summed E-state index contributed by atoms with van der Waals surface area (Å²) in [5, 5.41) is 0. The Kier molecular flexibility index (Phi) is 4.32. The molecule has 0 aliphatic heterocycles. The number of hydrogen-bond acceptors (Lipinski definition) is 3. The Morgan fingerprint density at radius 1 is 1.43 bits per heavy atom. The van der Waals surface area contributed by atoms with Crippen LogP contribution in [0, 0.1) is 0 Å². The summed E-state index contributed by atoms with van der Waals surface area (Å²) < 4.78 is 5.29. The van der Waals surface area contributed by atoms with Gasteiger partial charge in [-0.1, -0.05) is 0 Å². The molecule has 1 aromatic rings. The molecule has 4 heteroatoms. The van der Waals surface area contributed by atoms with Crippen LogP contribution >= 0.6 is 11.8 Å². The second-order valence-electron chi connectivity index (χ2n) is 2.66. The zero-order valence-corrected chi connectivity index (χ0v) is 8.84. The molecular weight excluding hydrogens is 198 g/mol. The van der Waals surface area contributed by atoms with Crippen molar-refractivity contribution in [3.05, 3.63) is 24.3 Å². The third kappa shape index (κ3) is 3.70. The molecule has 0 radical (unpaired) electrons. The largest absolute Gasteiger partial charge is 0.494 e. The fraction of sp³-hybridized carbons (Fsp3) is 0.300. The molecule has 0 atom stereocenters. The lowest BCUT2D eigenvalue weighted by molar-refractivity contribution is -0.115. The molecule has 2 N–H and O–H groups in total. The fourth-order valence-electron chi connectivity index (χ4n) is 0.953. The number of rotatable bonds is 5. The number of ether oxygens (including phenoxy) is 1. The minimum absolute atomic E-state index is 0.302. The first kappa shape index (κ1) is 10.9. The van der Waals surface area contributed by atoms with Gasteiger partial charge < -0.3 is 10.5 Å². The Bertz CT molecular complexity index is 297. The summed E-state index contributed by atoms with van der Waals surface area (Å²) in [5.74, 6) is 0.855. The summed E-state index contributed by atoms with van der Waals surface area (Å²) in [5.41, 5.74) is 5.03. The van der Waals surface area contributed by atoms with Crippen LogP contribution in [-0.2, 0) is 4.79 Å². The highest BCUT2D eigenvalue weighted by Crippen LogP contribution is 2.20. The maximum atomic E-state index is 10.5. The van der Waals surface area contributed by atoms with E-state index in [1.807, 2.05) is 31.2 Å². The number of hydrogen-bond donors (Lipinski definition) is 1. The smallest absolute Gasteiger partial charge is 0.227 e. The maximum Gasteiger partial charge on any atom is 0.227 e. The van der Waals surface area contributed by atoms with Crippen molar-refractivity contribution < 1.29 is 9.53 Å². The van der Waals surface area contributed by atoms with Gasteiger partial charge in [0.15, 0.2) is 0 Å². The highest BCUT2D eigenvalue weighted by Gasteiger charge is 1.98. The van der Waals surface area contributed by atoms with E-state index in [-0.39, 0.29) is 5.91 Å². The molecule has 0 bridgehead atoms. The van der Waals surface area contributed by atoms with E-state index >= 15 is 0 Å². The van der Waals surface area contributed by atoms with Gasteiger partial charge in [-0.2, -0.15) is 0 Å². The van der Waals surface area contributed by atoms with Gasteiger partial charge in [0.1, 0.15) is 5.75 Å². The van der Waals surface area contributed by atoms with Crippen molar-refractivity contribution in [2.45, 2.75) is 11.8 Å². The Hall–Kier alpha value is -1.16. The van der Waals surface area contributed by atoms with Gasteiger partial charge in [-0.25, -0.2) is 0 Å². The normalized spacial score (nSPS) is 9.79. The Balaban J connectivity index is 2.50. The number of carbonyl (C=O) groups excluding carboxylic acids is 1. The molecule has 0 aliphatic rings. The van der Waals surface area contributed by atoms with Crippen LogP contribution in [0.4, 0.5) is 0 Å². The highest BCUT2D eigenvalue weighted by atomic mass is 32.2. The first-order valence-electron chi connectivity index (χ1n) is 4.36. The first-order chi connectivity index (χ1) is 6.72. The maximum absolute atomic E-state index is 10.5. The predicted molar refractivity (Wildman–Crippen MR) is 57.5 cm³/mol. The van der Waals surface area contributed by atoms with Gasteiger partial charge in [0.05, 0.1) is 12.4 Å². The van der Waals surface area contributed by atoms with E-state index in [2.05, 4.69) is 0 Å². The predicted octanol–water partition coefficient (Wildman–Crippen LogP) is 1.66. The average Bonchev–Trinajstić information content (AvgIpc) is 2.17. The molecule has 3 nitrogen and oxygen atoms in total. The first-order valence-corrected chi connectivity index (χ1v) is 5.35. The number of primary amides is 1. The molecule has 0 aromatic heterocycles. The summed E-state index contributed by atoms with van der Waals surface area (Å²) in [6, 6.07) is 7.59. The van der Waals surface area contributed by atoms with E-state index < -0.39 is 0 Å². The number of thioether (sulfide) groups is 1. The summed E-state index contributed by atoms with van der Waals surface area (Å²) in [7, 11) is 0. The molecular formula is C10H13NO2S. The van der Waals surface area contributed by atoms with Crippen LogP contribution in [0.5, 0.6) is 5.75 Å². The van der Waals surface area contributed by atoms with Gasteiger partial charge in [0.25, 0.3) is 0 Å². The molecule has 76 valence electrons. The van der Waals surface area contributed by atoms with E-state index in [0.29, 0.717) is 12.4 Å². The molecule has 0 saturated carbocycles. The van der Waals surface area contributed by atoms with E-state index in [9.17, 15) is 4.79 Å². The van der Waals surface area contributed by atoms with Crippen LogP contribution < -0.4 is 10.5 Å². The molecule has 0 unspecified atom stereocenters. The second-order valence-corrected chi connectivity index (χ2v) is 3.71. The Morgan fingerprint density at radius 2 is 2.07 bits per heavy atom. The van der Waals surface area contributed by atoms with E-state index in [4.69, 9.17) is 10.5 Å². The minimum atomic E-state index is -0.302. The monoisotopic (exact) mass is 211 g/mol. The molecule has 1 rings (SSSR count). The highest BCUT2D eigenvalue weighted by molar-refractivity contribution is 8.00. The van der Waals surface area contributed by atoms with Crippen molar-refractivity contribution in [3.63, 3.8) is 0 Å². The summed E-state index contributed by atoms with van der Waals surface area (Å²) in [4.78, 5) is 11.5. The lowest BCUT2D eigenvalue weighted by Crippen LogP contribution is -2.12. The summed E-state index contributed by atoms with van der Waals surface area (Å²) in [6.45, 7) is 2.60. The van der Waals surface area contributed by atoms with E-state index in [1.54, 1.807) is 0 Å². The van der Waals surface area contributed by atoms with Gasteiger partial charge in [-0.3, -0.25) is 4.79 Å². The van der Waals surface area contributed by atoms with Crippen LogP contribution in [0.25, 0.3) is 0 Å². The van der Waals surface area contributed by atoms with Gasteiger partial charge in [-0.15, -0.1) is 11.8 Å². The van der Waals surface area contributed by atoms with E-state index in [0.717, 1.165) is 10.6 Å². The minimum Gasteiger partial charge on any atom is -0.494 e. The zero-order chi connectivity index (χ0) is 10.4. The molecule has 14 heavy (non-hydrogen) atoms. The lowest BCUT2D eigenvalue weighted by atomic mass is 10.3. The van der Waals surface area contributed by atoms with Crippen LogP contribution in [0.3, 0.4) is 0 Å². The van der Waals surface area contributed by atoms with Crippen molar-refractivity contribution in [2.75, 3.05) is 12.4 Å². The van der Waals surface area contributed by atoms with Crippen molar-refractivity contribution in [1.29, 1.82) is 0 Å². The molecule has 0 heterocycles. The molecule has 0 spiro atoms. The number of carbonyl (C=O) groups is 1. The quantitative estimate of drug-likeness (QED) is 0.754. The Labute approximate surface area is 87.6 Å². The van der Waals surface area contributed by atoms with Crippen molar-refractivity contribution in [2.24, 2.45) is 5.73 Å². The lowest BCUT2D eigenvalue weighted by Gasteiger charge is -2.03. The average molecular weight is 211 g/mol. The van der Waals surface area contributed by atoms with Crippen LogP contribution in [0.2, 0.25) is 0 Å². The van der Waals surface area contributed by atoms with Crippen molar-refractivity contribution in [3.8, 4) is 5.75 Å². The number of benzene rings is 1. The van der Waals surface area contributed by atoms with Gasteiger partial charge in [0.2, 0.25) is 5.91 Å². The Morgan fingerprint density at radius 3 is 2.57 bits per heavy atom. The van der Waals surface area contributed by atoms with Crippen LogP contribution in [0.15, 0.2) is 29.2 Å². The summed E-state index contributed by atoms with van der Waals surface area (Å²) >= 11 is 1.43. The van der Waals surface area contributed by atoms with Crippen molar-refractivity contribution in [1.82, 2.24) is 0 Å². The number of amides is 1. The number of nitrogens with two attached hydrogens (primary N) is 1. The molecule has 0 aliphatic carbocycles. The third-order valence-corrected chi connectivity index (χ3v) is 2.55. The van der Waals surface area contributed by atoms with Gasteiger partial charge in [-0.05, 0) is 31.2 Å². The van der Waals surface area contributed by atoms with Gasteiger partial charge in [0, 0.05) is 4.90 Å². The van der Waals surface area contributed by atoms with Gasteiger partial charge >= 0.3 is 0 Å². The van der Waals surface area contributed by atoms with Crippen LogP contribution in [0.1, 0.15) is 6.92 Å². The zero-order valence-electron chi connectivity index (χ0n) is 8.03. The van der Waals surface area contributed by atoms with Crippen molar-refractivity contribution >= 4 is 17.7 Å². The standard InChI is InChI=1S/C10H13NO2S/c1-2-13-8-3-5-9(6-4-8)14-7-10(11)12/h3-6H,2,7H2,1H3,(H2,11,12). The van der Waals surface area contributed by atoms with Crippen LogP contribution in [-0.4, -0.2) is 18.3 Å². The molecule has 0 saturated heterocycles. The topological polar surface area (TPSA) is 52.3 Å². The SMILES string of the molecule is CCOc1ccc(SCC(N)=O)cc1. The molecule has 1 aromatic carbocycles.